The van der Waals surface area contributed by atoms with Crippen LogP contribution < -0.4 is 0 Å². The van der Waals surface area contributed by atoms with E-state index in [2.05, 4.69) is 39.8 Å². The number of hydrogen-bond acceptors (Lipinski definition) is 2. The van der Waals surface area contributed by atoms with Gasteiger partial charge in [-0.05, 0) is 77.4 Å². The van der Waals surface area contributed by atoms with Gasteiger partial charge >= 0.3 is 0 Å². The Hall–Kier alpha value is -0.860. The number of hydrogen-bond donors (Lipinski definition) is 0. The predicted molar refractivity (Wildman–Crippen MR) is 90.9 cm³/mol. The molecule has 1 aliphatic carbocycles. The van der Waals surface area contributed by atoms with Crippen LogP contribution in [0.5, 0.6) is 0 Å². The topological polar surface area (TPSA) is 21.8 Å². The molecule has 0 saturated carbocycles. The molecule has 1 fully saturated rings. The predicted octanol–water partition coefficient (Wildman–Crippen LogP) is 5.11. The van der Waals surface area contributed by atoms with Gasteiger partial charge in [0.25, 0.3) is 0 Å². The van der Waals surface area contributed by atoms with Crippen LogP contribution in [-0.2, 0) is 9.47 Å². The van der Waals surface area contributed by atoms with Crippen molar-refractivity contribution < 1.29 is 9.47 Å². The average molecular weight is 302 g/mol. The minimum absolute atomic E-state index is 0.0202. The van der Waals surface area contributed by atoms with Crippen LogP contribution in [-0.4, -0.2) is 24.4 Å². The molecule has 3 rings (SSSR count). The zero-order valence-corrected chi connectivity index (χ0v) is 14.6. The lowest BCUT2D eigenvalue weighted by Gasteiger charge is -2.16. The lowest BCUT2D eigenvalue weighted by atomic mass is 9.90. The first kappa shape index (κ1) is 16.0. The summed E-state index contributed by atoms with van der Waals surface area (Å²) in [5.74, 6) is 0. The number of fused-ring (bicyclic) bond motifs is 3. The van der Waals surface area contributed by atoms with Gasteiger partial charge in [-0.15, -0.1) is 0 Å². The molecule has 2 heterocycles. The minimum Gasteiger partial charge on any atom is -0.367 e. The zero-order valence-electron chi connectivity index (χ0n) is 14.6. The van der Waals surface area contributed by atoms with Crippen LogP contribution in [0.3, 0.4) is 0 Å². The Kier molecular flexibility index (Phi) is 4.61. The van der Waals surface area contributed by atoms with E-state index in [1.807, 2.05) is 0 Å². The zero-order chi connectivity index (χ0) is 15.7. The Morgan fingerprint density at radius 1 is 1.00 bits per heavy atom. The third-order valence-corrected chi connectivity index (χ3v) is 5.54. The number of ether oxygens (including phenoxy) is 2. The summed E-state index contributed by atoms with van der Waals surface area (Å²) >= 11 is 0. The molecule has 2 aliphatic heterocycles. The lowest BCUT2D eigenvalue weighted by molar-refractivity contribution is 0.0929. The van der Waals surface area contributed by atoms with Crippen molar-refractivity contribution in [2.75, 3.05) is 6.61 Å². The molecular weight excluding hydrogens is 272 g/mol. The first-order valence-electron chi connectivity index (χ1n) is 8.79. The highest BCUT2D eigenvalue weighted by Gasteiger charge is 2.57. The average Bonchev–Trinajstić information content (AvgIpc) is 2.98. The molecule has 2 nitrogen and oxygen atoms in total. The number of allylic oxidation sites excluding steroid dienone is 4. The monoisotopic (exact) mass is 302 g/mol. The van der Waals surface area contributed by atoms with Crippen LogP contribution in [0.25, 0.3) is 0 Å². The van der Waals surface area contributed by atoms with E-state index >= 15 is 0 Å². The van der Waals surface area contributed by atoms with Gasteiger partial charge in [-0.25, -0.2) is 0 Å². The highest BCUT2D eigenvalue weighted by atomic mass is 16.6. The van der Waals surface area contributed by atoms with Gasteiger partial charge in [-0.3, -0.25) is 0 Å². The Bertz CT molecular complexity index is 526. The Balaban J connectivity index is 1.78. The van der Waals surface area contributed by atoms with E-state index in [1.165, 1.54) is 35.1 Å². The Morgan fingerprint density at radius 3 is 2.55 bits per heavy atom. The van der Waals surface area contributed by atoms with Gasteiger partial charge in [0.15, 0.2) is 0 Å². The normalized spacial score (nSPS) is 41.6. The number of epoxide rings is 1. The summed E-state index contributed by atoms with van der Waals surface area (Å²) in [6.45, 7) is 9.80. The van der Waals surface area contributed by atoms with Gasteiger partial charge in [0.05, 0.1) is 12.2 Å². The van der Waals surface area contributed by atoms with Gasteiger partial charge < -0.3 is 9.47 Å². The lowest BCUT2D eigenvalue weighted by Crippen LogP contribution is -2.24. The van der Waals surface area contributed by atoms with Gasteiger partial charge in [-0.1, -0.05) is 23.3 Å². The van der Waals surface area contributed by atoms with E-state index < -0.39 is 0 Å². The molecule has 3 atom stereocenters. The van der Waals surface area contributed by atoms with Gasteiger partial charge in [-0.2, -0.15) is 0 Å². The van der Waals surface area contributed by atoms with Crippen LogP contribution in [0.4, 0.5) is 0 Å². The highest BCUT2D eigenvalue weighted by molar-refractivity contribution is 5.28. The van der Waals surface area contributed by atoms with Crippen molar-refractivity contribution in [3.8, 4) is 0 Å². The molecule has 0 unspecified atom stereocenters. The first-order chi connectivity index (χ1) is 10.5. The molecule has 0 aromatic heterocycles. The Morgan fingerprint density at radius 2 is 1.73 bits per heavy atom. The van der Waals surface area contributed by atoms with Gasteiger partial charge in [0.2, 0.25) is 0 Å². The molecule has 1 saturated heterocycles. The molecule has 0 radical (unpaired) electrons. The first-order valence-corrected chi connectivity index (χ1v) is 8.79. The van der Waals surface area contributed by atoms with Crippen molar-refractivity contribution in [3.63, 3.8) is 0 Å². The standard InChI is InChI=1S/C20H30O2/c1-14-7-5-8-15(2)10-11-17-16(3)13-21-18(17)19-20(4,22-19)12-6-9-14/h8-9,18-19H,5-7,10-13H2,1-4H3/b14-9+,15-8+/t18-,19+,20+/m0/s1. The molecule has 22 heavy (non-hydrogen) atoms. The molecule has 0 aromatic rings. The molecule has 0 amide bonds. The summed E-state index contributed by atoms with van der Waals surface area (Å²) in [5.41, 5.74) is 5.97. The van der Waals surface area contributed by atoms with E-state index in [0.717, 1.165) is 32.3 Å². The maximum absolute atomic E-state index is 6.10. The summed E-state index contributed by atoms with van der Waals surface area (Å²) in [4.78, 5) is 0. The summed E-state index contributed by atoms with van der Waals surface area (Å²) in [6, 6.07) is 0. The SMILES string of the molecule is CC1=C2CC/C(C)=C/CC/C(C)=C/CC[C@@]3(C)O[C@@H]3[C@H]2OC1. The van der Waals surface area contributed by atoms with E-state index in [0.29, 0.717) is 0 Å². The van der Waals surface area contributed by atoms with Crippen molar-refractivity contribution in [3.05, 3.63) is 34.4 Å². The fourth-order valence-electron chi connectivity index (χ4n) is 3.80. The molecule has 0 bridgehead atoms. The fourth-order valence-corrected chi connectivity index (χ4v) is 3.80. The van der Waals surface area contributed by atoms with Gasteiger partial charge in [0, 0.05) is 0 Å². The number of rotatable bonds is 0. The van der Waals surface area contributed by atoms with Crippen LogP contribution in [0.2, 0.25) is 0 Å². The minimum atomic E-state index is 0.0202. The van der Waals surface area contributed by atoms with E-state index in [4.69, 9.17) is 9.47 Å². The van der Waals surface area contributed by atoms with Crippen molar-refractivity contribution in [1.29, 1.82) is 0 Å². The molecule has 3 aliphatic rings. The van der Waals surface area contributed by atoms with Crippen molar-refractivity contribution >= 4 is 0 Å². The summed E-state index contributed by atoms with van der Waals surface area (Å²) in [6.07, 6.45) is 12.1. The van der Waals surface area contributed by atoms with Crippen molar-refractivity contribution in [2.45, 2.75) is 84.0 Å². The molecule has 122 valence electrons. The van der Waals surface area contributed by atoms with E-state index in [9.17, 15) is 0 Å². The van der Waals surface area contributed by atoms with E-state index in [1.54, 1.807) is 0 Å². The molecule has 0 aromatic carbocycles. The summed E-state index contributed by atoms with van der Waals surface area (Å²) in [5, 5.41) is 0. The second-order valence-electron chi connectivity index (χ2n) is 7.57. The van der Waals surface area contributed by atoms with Crippen LogP contribution in [0.15, 0.2) is 34.4 Å². The van der Waals surface area contributed by atoms with Crippen LogP contribution in [0, 0.1) is 0 Å². The Labute approximate surface area is 135 Å². The smallest absolute Gasteiger partial charge is 0.117 e. The van der Waals surface area contributed by atoms with Crippen LogP contribution >= 0.6 is 0 Å². The maximum Gasteiger partial charge on any atom is 0.117 e. The largest absolute Gasteiger partial charge is 0.367 e. The molecule has 2 heteroatoms. The third-order valence-electron chi connectivity index (χ3n) is 5.54. The van der Waals surface area contributed by atoms with Crippen molar-refractivity contribution in [2.24, 2.45) is 0 Å². The molecular formula is C20H30O2. The van der Waals surface area contributed by atoms with Crippen molar-refractivity contribution in [1.82, 2.24) is 0 Å². The molecule has 0 spiro atoms. The fraction of sp³-hybridized carbons (Fsp3) is 0.700. The second kappa shape index (κ2) is 6.33. The second-order valence-corrected chi connectivity index (χ2v) is 7.57. The van der Waals surface area contributed by atoms with Gasteiger partial charge in [0.1, 0.15) is 12.2 Å². The van der Waals surface area contributed by atoms with E-state index in [-0.39, 0.29) is 17.8 Å². The summed E-state index contributed by atoms with van der Waals surface area (Å²) < 4.78 is 12.2. The quantitative estimate of drug-likeness (QED) is 0.458. The molecule has 0 N–H and O–H groups in total. The highest BCUT2D eigenvalue weighted by Crippen LogP contribution is 2.47. The maximum atomic E-state index is 6.10. The third kappa shape index (κ3) is 3.38. The summed E-state index contributed by atoms with van der Waals surface area (Å²) in [7, 11) is 0. The van der Waals surface area contributed by atoms with Crippen LogP contribution in [0.1, 0.15) is 66.2 Å².